The van der Waals surface area contributed by atoms with Gasteiger partial charge in [0.25, 0.3) is 0 Å². The number of rotatable bonds is 3. The van der Waals surface area contributed by atoms with Gasteiger partial charge in [0.1, 0.15) is 6.10 Å². The quantitative estimate of drug-likeness (QED) is 0.852. The van der Waals surface area contributed by atoms with Crippen molar-refractivity contribution in [3.63, 3.8) is 0 Å². The van der Waals surface area contributed by atoms with E-state index in [0.717, 1.165) is 19.8 Å². The molecule has 0 aliphatic heterocycles. The zero-order valence-electron chi connectivity index (χ0n) is 8.68. The molecule has 0 radical (unpaired) electrons. The fourth-order valence-electron chi connectivity index (χ4n) is 1.53. The minimum absolute atomic E-state index is 0.543. The van der Waals surface area contributed by atoms with E-state index in [1.807, 2.05) is 42.0 Å². The van der Waals surface area contributed by atoms with Crippen LogP contribution in [0.15, 0.2) is 45.1 Å². The Kier molecular flexibility index (Phi) is 4.08. The highest BCUT2D eigenvalue weighted by Gasteiger charge is 2.17. The number of aliphatic hydroxyl groups is 1. The van der Waals surface area contributed by atoms with Crippen LogP contribution in [0.1, 0.15) is 16.5 Å². The van der Waals surface area contributed by atoms with Gasteiger partial charge in [-0.1, -0.05) is 18.2 Å². The molecule has 1 aromatic carbocycles. The van der Waals surface area contributed by atoms with Gasteiger partial charge in [-0.15, -0.1) is 23.1 Å². The summed E-state index contributed by atoms with van der Waals surface area (Å²) in [5.41, 5.74) is 0.971. The van der Waals surface area contributed by atoms with E-state index in [1.54, 1.807) is 23.1 Å². The lowest BCUT2D eigenvalue weighted by atomic mass is 10.1. The summed E-state index contributed by atoms with van der Waals surface area (Å²) in [7, 11) is 0. The van der Waals surface area contributed by atoms with Gasteiger partial charge in [0.05, 0.1) is 4.88 Å². The summed E-state index contributed by atoms with van der Waals surface area (Å²) < 4.78 is 0.973. The van der Waals surface area contributed by atoms with Crippen LogP contribution in [0.3, 0.4) is 0 Å². The van der Waals surface area contributed by atoms with E-state index in [1.165, 1.54) is 0 Å². The second-order valence-corrected chi connectivity index (χ2v) is 5.93. The maximum absolute atomic E-state index is 10.3. The first-order valence-corrected chi connectivity index (χ1v) is 7.67. The van der Waals surface area contributed by atoms with E-state index in [4.69, 9.17) is 0 Å². The van der Waals surface area contributed by atoms with Gasteiger partial charge in [0.15, 0.2) is 0 Å². The highest BCUT2D eigenvalue weighted by molar-refractivity contribution is 9.10. The second kappa shape index (κ2) is 5.36. The number of hydrogen-bond acceptors (Lipinski definition) is 3. The summed E-state index contributed by atoms with van der Waals surface area (Å²) in [5, 5.41) is 12.3. The monoisotopic (exact) mass is 314 g/mol. The third-order valence-electron chi connectivity index (χ3n) is 2.33. The maximum Gasteiger partial charge on any atom is 0.115 e. The lowest BCUT2D eigenvalue weighted by Gasteiger charge is -2.13. The van der Waals surface area contributed by atoms with Crippen LogP contribution in [0.4, 0.5) is 0 Å². The minimum Gasteiger partial charge on any atom is -0.383 e. The van der Waals surface area contributed by atoms with Gasteiger partial charge < -0.3 is 5.11 Å². The predicted molar refractivity (Wildman–Crippen MR) is 74.3 cm³/mol. The number of halogens is 1. The molecule has 0 amide bonds. The molecule has 4 heteroatoms. The second-order valence-electron chi connectivity index (χ2n) is 3.28. The molecule has 2 aromatic rings. The third kappa shape index (κ3) is 2.35. The fourth-order valence-corrected chi connectivity index (χ4v) is 3.76. The third-order valence-corrected chi connectivity index (χ3v) is 5.06. The number of thioether (sulfide) groups is 1. The lowest BCUT2D eigenvalue weighted by Crippen LogP contribution is -1.99. The molecule has 1 unspecified atom stereocenters. The SMILES string of the molecule is CSc1ccccc1C(O)c1sccc1Br. The van der Waals surface area contributed by atoms with Gasteiger partial charge in [-0.2, -0.15) is 0 Å². The number of thiophene rings is 1. The Hall–Kier alpha value is -0.290. The molecule has 84 valence electrons. The summed E-state index contributed by atoms with van der Waals surface area (Å²) in [6, 6.07) is 9.92. The molecule has 1 N–H and O–H groups in total. The van der Waals surface area contributed by atoms with Crippen molar-refractivity contribution in [2.75, 3.05) is 6.26 Å². The largest absolute Gasteiger partial charge is 0.383 e. The lowest BCUT2D eigenvalue weighted by molar-refractivity contribution is 0.220. The highest BCUT2D eigenvalue weighted by Crippen LogP contribution is 2.36. The number of hydrogen-bond donors (Lipinski definition) is 1. The molecule has 1 atom stereocenters. The van der Waals surface area contributed by atoms with Crippen LogP contribution < -0.4 is 0 Å². The van der Waals surface area contributed by atoms with E-state index in [0.29, 0.717) is 0 Å². The highest BCUT2D eigenvalue weighted by atomic mass is 79.9. The number of aliphatic hydroxyl groups excluding tert-OH is 1. The van der Waals surface area contributed by atoms with Crippen molar-refractivity contribution in [2.45, 2.75) is 11.0 Å². The predicted octanol–water partition coefficient (Wildman–Crippen LogP) is 4.31. The van der Waals surface area contributed by atoms with Crippen LogP contribution >= 0.6 is 39.0 Å². The smallest absolute Gasteiger partial charge is 0.115 e. The van der Waals surface area contributed by atoms with Crippen molar-refractivity contribution in [2.24, 2.45) is 0 Å². The Balaban J connectivity index is 2.41. The average molecular weight is 315 g/mol. The van der Waals surface area contributed by atoms with Gasteiger partial charge in [0.2, 0.25) is 0 Å². The normalized spacial score (nSPS) is 12.7. The Morgan fingerprint density at radius 2 is 2.06 bits per heavy atom. The van der Waals surface area contributed by atoms with Gasteiger partial charge in [-0.25, -0.2) is 0 Å². The van der Waals surface area contributed by atoms with Crippen LogP contribution in [-0.2, 0) is 0 Å². The van der Waals surface area contributed by atoms with E-state index >= 15 is 0 Å². The van der Waals surface area contributed by atoms with Gasteiger partial charge in [-0.3, -0.25) is 0 Å². The molecule has 0 aliphatic carbocycles. The minimum atomic E-state index is -0.543. The Morgan fingerprint density at radius 1 is 1.31 bits per heavy atom. The molecule has 0 spiro atoms. The summed E-state index contributed by atoms with van der Waals surface area (Å²) >= 11 is 6.68. The standard InChI is InChI=1S/C12H11BrOS2/c1-15-10-5-3-2-4-8(10)11(14)12-9(13)6-7-16-12/h2-7,11,14H,1H3. The van der Waals surface area contributed by atoms with Crippen molar-refractivity contribution < 1.29 is 5.11 Å². The topological polar surface area (TPSA) is 20.2 Å². The van der Waals surface area contributed by atoms with Gasteiger partial charge in [0, 0.05) is 9.37 Å². The summed E-state index contributed by atoms with van der Waals surface area (Å²) in [5.74, 6) is 0. The van der Waals surface area contributed by atoms with Crippen molar-refractivity contribution in [1.29, 1.82) is 0 Å². The summed E-state index contributed by atoms with van der Waals surface area (Å²) in [6.07, 6.45) is 1.48. The molecule has 1 nitrogen and oxygen atoms in total. The molecular weight excluding hydrogens is 304 g/mol. The first-order valence-electron chi connectivity index (χ1n) is 4.78. The Bertz CT molecular complexity index is 481. The summed E-state index contributed by atoms with van der Waals surface area (Å²) in [6.45, 7) is 0. The van der Waals surface area contributed by atoms with Crippen molar-refractivity contribution in [3.8, 4) is 0 Å². The van der Waals surface area contributed by atoms with E-state index in [9.17, 15) is 5.11 Å². The molecule has 1 aromatic heterocycles. The molecule has 0 saturated heterocycles. The molecule has 0 bridgehead atoms. The zero-order chi connectivity index (χ0) is 11.5. The van der Waals surface area contributed by atoms with Crippen LogP contribution in [-0.4, -0.2) is 11.4 Å². The fraction of sp³-hybridized carbons (Fsp3) is 0.167. The first kappa shape index (κ1) is 12.2. The van der Waals surface area contributed by atoms with Gasteiger partial charge in [-0.05, 0) is 45.3 Å². The van der Waals surface area contributed by atoms with Crippen LogP contribution in [0, 0.1) is 0 Å². The zero-order valence-corrected chi connectivity index (χ0v) is 11.9. The van der Waals surface area contributed by atoms with E-state index in [-0.39, 0.29) is 0 Å². The van der Waals surface area contributed by atoms with Crippen LogP contribution in [0.25, 0.3) is 0 Å². The van der Waals surface area contributed by atoms with Crippen molar-refractivity contribution >= 4 is 39.0 Å². The average Bonchev–Trinajstić information content (AvgIpc) is 2.74. The van der Waals surface area contributed by atoms with Crippen molar-refractivity contribution in [1.82, 2.24) is 0 Å². The molecular formula is C12H11BrOS2. The van der Waals surface area contributed by atoms with E-state index < -0.39 is 6.10 Å². The molecule has 0 fully saturated rings. The molecule has 2 rings (SSSR count). The van der Waals surface area contributed by atoms with Gasteiger partial charge >= 0.3 is 0 Å². The Morgan fingerprint density at radius 3 is 2.69 bits per heavy atom. The molecule has 1 heterocycles. The van der Waals surface area contributed by atoms with E-state index in [2.05, 4.69) is 15.9 Å². The Labute approximate surface area is 112 Å². The number of benzene rings is 1. The molecule has 16 heavy (non-hydrogen) atoms. The van der Waals surface area contributed by atoms with Crippen LogP contribution in [0.5, 0.6) is 0 Å². The molecule has 0 saturated carbocycles. The summed E-state index contributed by atoms with van der Waals surface area (Å²) in [4.78, 5) is 2.08. The maximum atomic E-state index is 10.3. The molecule has 0 aliphatic rings. The van der Waals surface area contributed by atoms with Crippen LogP contribution in [0.2, 0.25) is 0 Å². The van der Waals surface area contributed by atoms with Crippen molar-refractivity contribution in [3.05, 3.63) is 50.6 Å². The first-order chi connectivity index (χ1) is 7.74.